The van der Waals surface area contributed by atoms with Gasteiger partial charge in [0.2, 0.25) is 0 Å². The van der Waals surface area contributed by atoms with Gasteiger partial charge in [0.15, 0.2) is 0 Å². The van der Waals surface area contributed by atoms with Crippen LogP contribution in [0.5, 0.6) is 0 Å². The second-order valence-corrected chi connectivity index (χ2v) is 4.41. The van der Waals surface area contributed by atoms with E-state index in [-0.39, 0.29) is 0 Å². The second kappa shape index (κ2) is 5.12. The zero-order valence-corrected chi connectivity index (χ0v) is 9.23. The molecule has 3 nitrogen and oxygen atoms in total. The predicted octanol–water partition coefficient (Wildman–Crippen LogP) is 2.20. The molecule has 3 heteroatoms. The number of hydrogen-bond donors (Lipinski definition) is 2. The van der Waals surface area contributed by atoms with Gasteiger partial charge in [-0.1, -0.05) is 30.3 Å². The first-order valence-electron chi connectivity index (χ1n) is 5.76. The lowest BCUT2D eigenvalue weighted by molar-refractivity contribution is -0.138. The lowest BCUT2D eigenvalue weighted by Gasteiger charge is -2.29. The number of carbonyl (C=O) groups is 1. The topological polar surface area (TPSA) is 49.3 Å². The summed E-state index contributed by atoms with van der Waals surface area (Å²) >= 11 is 0. The molecule has 2 N–H and O–H groups in total. The Bertz CT molecular complexity index is 350. The Labute approximate surface area is 95.5 Å². The average Bonchev–Trinajstić information content (AvgIpc) is 2.30. The summed E-state index contributed by atoms with van der Waals surface area (Å²) in [6.45, 7) is 0.914. The fourth-order valence-corrected chi connectivity index (χ4v) is 2.37. The first-order valence-corrected chi connectivity index (χ1v) is 5.76. The molecule has 2 atom stereocenters. The molecule has 0 aliphatic carbocycles. The third-order valence-electron chi connectivity index (χ3n) is 3.18. The van der Waals surface area contributed by atoms with Gasteiger partial charge in [-0.25, -0.2) is 0 Å². The Morgan fingerprint density at radius 3 is 2.81 bits per heavy atom. The van der Waals surface area contributed by atoms with Gasteiger partial charge < -0.3 is 10.4 Å². The zero-order valence-electron chi connectivity index (χ0n) is 9.23. The Morgan fingerprint density at radius 1 is 1.38 bits per heavy atom. The molecule has 1 aromatic carbocycles. The van der Waals surface area contributed by atoms with Gasteiger partial charge in [-0.05, 0) is 30.9 Å². The molecule has 1 aliphatic rings. The summed E-state index contributed by atoms with van der Waals surface area (Å²) in [6.07, 6.45) is 2.19. The highest BCUT2D eigenvalue weighted by atomic mass is 16.4. The van der Waals surface area contributed by atoms with Crippen molar-refractivity contribution in [3.8, 4) is 0 Å². The largest absolute Gasteiger partial charge is 0.481 e. The molecule has 1 heterocycles. The summed E-state index contributed by atoms with van der Waals surface area (Å²) in [5.74, 6) is -0.373. The van der Waals surface area contributed by atoms with Crippen molar-refractivity contribution < 1.29 is 9.90 Å². The van der Waals surface area contributed by atoms with E-state index in [0.29, 0.717) is 18.4 Å². The number of rotatable bonds is 3. The molecule has 0 spiro atoms. The van der Waals surface area contributed by atoms with Gasteiger partial charge in [0.05, 0.1) is 0 Å². The van der Waals surface area contributed by atoms with Crippen LogP contribution in [0.4, 0.5) is 0 Å². The van der Waals surface area contributed by atoms with Crippen LogP contribution in [-0.2, 0) is 4.79 Å². The van der Waals surface area contributed by atoms with Crippen molar-refractivity contribution in [1.82, 2.24) is 5.32 Å². The Morgan fingerprint density at radius 2 is 2.12 bits per heavy atom. The maximum atomic E-state index is 10.7. The molecule has 1 fully saturated rings. The normalized spacial score (nSPS) is 25.2. The van der Waals surface area contributed by atoms with Crippen LogP contribution < -0.4 is 5.32 Å². The lowest BCUT2D eigenvalue weighted by Crippen LogP contribution is -2.32. The monoisotopic (exact) mass is 219 g/mol. The summed E-state index contributed by atoms with van der Waals surface area (Å²) in [7, 11) is 0. The minimum absolute atomic E-state index is 0.297. The van der Waals surface area contributed by atoms with Gasteiger partial charge in [-0.15, -0.1) is 0 Å². The highest BCUT2D eigenvalue weighted by molar-refractivity contribution is 5.67. The van der Waals surface area contributed by atoms with Crippen LogP contribution in [0.25, 0.3) is 0 Å². The third-order valence-corrected chi connectivity index (χ3v) is 3.18. The first kappa shape index (κ1) is 11.1. The van der Waals surface area contributed by atoms with E-state index in [1.165, 1.54) is 5.56 Å². The molecule has 2 unspecified atom stereocenters. The highest BCUT2D eigenvalue weighted by Crippen LogP contribution is 2.28. The average molecular weight is 219 g/mol. The van der Waals surface area contributed by atoms with Gasteiger partial charge in [0.1, 0.15) is 0 Å². The molecule has 1 saturated heterocycles. The number of nitrogens with one attached hydrogen (secondary N) is 1. The summed E-state index contributed by atoms with van der Waals surface area (Å²) in [5.41, 5.74) is 1.26. The van der Waals surface area contributed by atoms with Crippen LogP contribution in [0.2, 0.25) is 0 Å². The van der Waals surface area contributed by atoms with Crippen molar-refractivity contribution in [2.24, 2.45) is 5.92 Å². The molecule has 0 amide bonds. The summed E-state index contributed by atoms with van der Waals surface area (Å²) in [6, 6.07) is 10.6. The smallest absolute Gasteiger partial charge is 0.303 e. The maximum Gasteiger partial charge on any atom is 0.303 e. The Hall–Kier alpha value is -1.35. The van der Waals surface area contributed by atoms with Gasteiger partial charge >= 0.3 is 5.97 Å². The van der Waals surface area contributed by atoms with Crippen LogP contribution in [-0.4, -0.2) is 17.6 Å². The Kier molecular flexibility index (Phi) is 3.57. The molecular weight excluding hydrogens is 202 g/mol. The van der Waals surface area contributed by atoms with Gasteiger partial charge in [-0.2, -0.15) is 0 Å². The zero-order chi connectivity index (χ0) is 11.4. The van der Waals surface area contributed by atoms with Crippen molar-refractivity contribution in [2.45, 2.75) is 25.3 Å². The molecule has 0 radical (unpaired) electrons. The van der Waals surface area contributed by atoms with Gasteiger partial charge in [0, 0.05) is 12.5 Å². The van der Waals surface area contributed by atoms with Crippen LogP contribution in [0, 0.1) is 5.92 Å². The first-order chi connectivity index (χ1) is 7.75. The molecule has 1 aliphatic heterocycles. The van der Waals surface area contributed by atoms with E-state index in [1.54, 1.807) is 0 Å². The number of hydrogen-bond acceptors (Lipinski definition) is 2. The quantitative estimate of drug-likeness (QED) is 0.819. The lowest BCUT2D eigenvalue weighted by atomic mass is 9.87. The van der Waals surface area contributed by atoms with Crippen molar-refractivity contribution in [3.63, 3.8) is 0 Å². The Balaban J connectivity index is 1.99. The second-order valence-electron chi connectivity index (χ2n) is 4.41. The molecule has 0 saturated carbocycles. The molecule has 16 heavy (non-hydrogen) atoms. The minimum Gasteiger partial charge on any atom is -0.481 e. The van der Waals surface area contributed by atoms with Crippen LogP contribution in [0.15, 0.2) is 30.3 Å². The van der Waals surface area contributed by atoms with E-state index >= 15 is 0 Å². The fraction of sp³-hybridized carbons (Fsp3) is 0.462. The van der Waals surface area contributed by atoms with Crippen LogP contribution >= 0.6 is 0 Å². The predicted molar refractivity (Wildman–Crippen MR) is 62.2 cm³/mol. The van der Waals surface area contributed by atoms with Crippen molar-refractivity contribution in [2.75, 3.05) is 6.54 Å². The molecule has 2 rings (SSSR count). The summed E-state index contributed by atoms with van der Waals surface area (Å²) < 4.78 is 0. The van der Waals surface area contributed by atoms with E-state index < -0.39 is 5.97 Å². The number of carboxylic acids is 1. The van der Waals surface area contributed by atoms with Crippen LogP contribution in [0.1, 0.15) is 30.9 Å². The van der Waals surface area contributed by atoms with E-state index in [2.05, 4.69) is 17.4 Å². The number of aliphatic carboxylic acids is 1. The molecule has 1 aromatic rings. The molecule has 86 valence electrons. The highest BCUT2D eigenvalue weighted by Gasteiger charge is 2.24. The number of piperidine rings is 1. The van der Waals surface area contributed by atoms with E-state index in [9.17, 15) is 4.79 Å². The van der Waals surface area contributed by atoms with Crippen LogP contribution in [0.3, 0.4) is 0 Å². The summed E-state index contributed by atoms with van der Waals surface area (Å²) in [5, 5.41) is 12.2. The molecule has 0 aromatic heterocycles. The maximum absolute atomic E-state index is 10.7. The standard InChI is InChI=1S/C13H17NO2/c15-13(16)9-10-6-7-14-12(8-10)11-4-2-1-3-5-11/h1-5,10,12,14H,6-9H2,(H,15,16). The van der Waals surface area contributed by atoms with Gasteiger partial charge in [0.25, 0.3) is 0 Å². The van der Waals surface area contributed by atoms with E-state index in [4.69, 9.17) is 5.11 Å². The number of carboxylic acid groups (broad SMARTS) is 1. The minimum atomic E-state index is -0.682. The van der Waals surface area contributed by atoms with Gasteiger partial charge in [-0.3, -0.25) is 4.79 Å². The SMILES string of the molecule is O=C(O)CC1CCNC(c2ccccc2)C1. The van der Waals surface area contributed by atoms with E-state index in [1.807, 2.05) is 18.2 Å². The molecular formula is C13H17NO2. The summed E-state index contributed by atoms with van der Waals surface area (Å²) in [4.78, 5) is 10.7. The third kappa shape index (κ3) is 2.83. The van der Waals surface area contributed by atoms with Crippen molar-refractivity contribution in [3.05, 3.63) is 35.9 Å². The fourth-order valence-electron chi connectivity index (χ4n) is 2.37. The van der Waals surface area contributed by atoms with Crippen molar-refractivity contribution in [1.29, 1.82) is 0 Å². The molecule has 0 bridgehead atoms. The number of benzene rings is 1. The van der Waals surface area contributed by atoms with Crippen molar-refractivity contribution >= 4 is 5.97 Å². The van der Waals surface area contributed by atoms with E-state index in [0.717, 1.165) is 19.4 Å².